The summed E-state index contributed by atoms with van der Waals surface area (Å²) in [7, 11) is 0. The first-order valence-electron chi connectivity index (χ1n) is 14.9. The molecule has 1 amide bonds. The number of benzene rings is 2. The highest BCUT2D eigenvalue weighted by atomic mass is 32.2. The van der Waals surface area contributed by atoms with Crippen LogP contribution >= 0.6 is 11.8 Å². The molecule has 1 N–H and O–H groups in total. The zero-order valence-corrected chi connectivity index (χ0v) is 23.6. The highest BCUT2D eigenvalue weighted by molar-refractivity contribution is 8.18. The van der Waals surface area contributed by atoms with Crippen molar-refractivity contribution in [2.75, 3.05) is 13.1 Å². The third-order valence-electron chi connectivity index (χ3n) is 10.1. The SMILES string of the molecule is O=C1N=C(N2CCCC2)S/C1=C\c1cccn1-c1ccc(-c2ccc(O)c(C34CC5CC(CC(C5)C3)C4)c2)cc1. The predicted molar refractivity (Wildman–Crippen MR) is 162 cm³/mol. The number of aromatic hydroxyl groups is 1. The molecule has 1 aromatic heterocycles. The normalized spacial score (nSPS) is 30.1. The number of amides is 1. The number of carbonyl (C=O) groups excluding carboxylic acids is 1. The van der Waals surface area contributed by atoms with Crippen LogP contribution in [0.15, 0.2) is 70.7 Å². The zero-order chi connectivity index (χ0) is 26.8. The molecule has 2 aliphatic heterocycles. The van der Waals surface area contributed by atoms with Crippen molar-refractivity contribution >= 4 is 28.9 Å². The average Bonchev–Trinajstić information content (AvgIpc) is 3.71. The molecule has 6 aliphatic rings. The number of thioether (sulfide) groups is 1. The fourth-order valence-electron chi connectivity index (χ4n) is 8.72. The minimum Gasteiger partial charge on any atom is -0.508 e. The lowest BCUT2D eigenvalue weighted by Crippen LogP contribution is -2.48. The van der Waals surface area contributed by atoms with Gasteiger partial charge in [0.05, 0.1) is 4.91 Å². The molecule has 0 radical (unpaired) electrons. The average molecular weight is 550 g/mol. The molecule has 40 heavy (non-hydrogen) atoms. The van der Waals surface area contributed by atoms with Crippen molar-refractivity contribution in [1.82, 2.24) is 9.47 Å². The number of amidine groups is 1. The maximum Gasteiger partial charge on any atom is 0.286 e. The number of hydrogen-bond donors (Lipinski definition) is 1. The first-order valence-corrected chi connectivity index (χ1v) is 15.7. The Morgan fingerprint density at radius 3 is 2.27 bits per heavy atom. The highest BCUT2D eigenvalue weighted by Crippen LogP contribution is 2.62. The maximum absolute atomic E-state index is 12.6. The maximum atomic E-state index is 12.6. The van der Waals surface area contributed by atoms with Crippen LogP contribution in [0.5, 0.6) is 5.75 Å². The molecule has 5 fully saturated rings. The quantitative estimate of drug-likeness (QED) is 0.345. The van der Waals surface area contributed by atoms with Crippen LogP contribution in [0.1, 0.15) is 62.6 Å². The number of likely N-dealkylation sites (tertiary alicyclic amines) is 1. The molecular formula is C34H35N3O2S. The fraction of sp³-hybridized carbons (Fsp3) is 0.412. The predicted octanol–water partition coefficient (Wildman–Crippen LogP) is 7.38. The van der Waals surface area contributed by atoms with Crippen LogP contribution in [0.4, 0.5) is 0 Å². The van der Waals surface area contributed by atoms with Gasteiger partial charge in [0.15, 0.2) is 5.17 Å². The Bertz CT molecular complexity index is 1510. The Hall–Kier alpha value is -3.25. The van der Waals surface area contributed by atoms with E-state index in [0.29, 0.717) is 10.7 Å². The van der Waals surface area contributed by atoms with Crippen molar-refractivity contribution in [3.63, 3.8) is 0 Å². The highest BCUT2D eigenvalue weighted by Gasteiger charge is 2.52. The summed E-state index contributed by atoms with van der Waals surface area (Å²) in [6, 6.07) is 18.9. The van der Waals surface area contributed by atoms with Gasteiger partial charge in [0, 0.05) is 36.2 Å². The number of phenolic OH excluding ortho intramolecular Hbond substituents is 1. The fourth-order valence-corrected chi connectivity index (χ4v) is 9.67. The summed E-state index contributed by atoms with van der Waals surface area (Å²) >= 11 is 1.49. The molecule has 0 spiro atoms. The van der Waals surface area contributed by atoms with E-state index in [4.69, 9.17) is 0 Å². The molecule has 0 atom stereocenters. The van der Waals surface area contributed by atoms with Gasteiger partial charge in [-0.25, -0.2) is 0 Å². The van der Waals surface area contributed by atoms with Gasteiger partial charge in [-0.05, 0) is 140 Å². The number of nitrogens with zero attached hydrogens (tertiary/aromatic N) is 3. The van der Waals surface area contributed by atoms with Gasteiger partial charge in [-0.3, -0.25) is 4.79 Å². The van der Waals surface area contributed by atoms with Crippen LogP contribution in [0, 0.1) is 17.8 Å². The lowest BCUT2D eigenvalue weighted by atomic mass is 9.48. The Morgan fingerprint density at radius 1 is 0.900 bits per heavy atom. The van der Waals surface area contributed by atoms with E-state index in [-0.39, 0.29) is 11.3 Å². The first-order chi connectivity index (χ1) is 19.5. The molecule has 204 valence electrons. The molecule has 1 saturated heterocycles. The van der Waals surface area contributed by atoms with E-state index in [9.17, 15) is 9.90 Å². The van der Waals surface area contributed by atoms with E-state index in [1.54, 1.807) is 0 Å². The smallest absolute Gasteiger partial charge is 0.286 e. The Labute approximate surface area is 240 Å². The second kappa shape index (κ2) is 9.41. The van der Waals surface area contributed by atoms with Gasteiger partial charge >= 0.3 is 0 Å². The largest absolute Gasteiger partial charge is 0.508 e. The van der Waals surface area contributed by atoms with E-state index in [1.807, 2.05) is 30.5 Å². The topological polar surface area (TPSA) is 57.8 Å². The van der Waals surface area contributed by atoms with Gasteiger partial charge in [-0.15, -0.1) is 0 Å². The van der Waals surface area contributed by atoms with Crippen molar-refractivity contribution in [3.05, 3.63) is 77.0 Å². The number of aliphatic imine (C=N–C) groups is 1. The first kappa shape index (κ1) is 24.5. The van der Waals surface area contributed by atoms with Gasteiger partial charge in [0.2, 0.25) is 0 Å². The van der Waals surface area contributed by atoms with Crippen LogP contribution in [0.3, 0.4) is 0 Å². The molecule has 4 aliphatic carbocycles. The number of rotatable bonds is 4. The molecule has 9 rings (SSSR count). The van der Waals surface area contributed by atoms with E-state index >= 15 is 0 Å². The molecule has 3 heterocycles. The second-order valence-corrected chi connectivity index (χ2v) is 13.8. The monoisotopic (exact) mass is 549 g/mol. The number of hydrogen-bond acceptors (Lipinski definition) is 4. The lowest BCUT2D eigenvalue weighted by molar-refractivity contribution is -0.113. The second-order valence-electron chi connectivity index (χ2n) is 12.8. The summed E-state index contributed by atoms with van der Waals surface area (Å²) in [5.41, 5.74) is 5.70. The summed E-state index contributed by atoms with van der Waals surface area (Å²) in [4.78, 5) is 19.9. The summed E-state index contributed by atoms with van der Waals surface area (Å²) in [5, 5.41) is 11.9. The van der Waals surface area contributed by atoms with Crippen LogP contribution in [0.25, 0.3) is 22.9 Å². The summed E-state index contributed by atoms with van der Waals surface area (Å²) in [6.07, 6.45) is 14.3. The molecule has 2 aromatic carbocycles. The van der Waals surface area contributed by atoms with Crippen molar-refractivity contribution in [2.24, 2.45) is 22.7 Å². The molecule has 3 aromatic rings. The number of aromatic nitrogens is 1. The number of carbonyl (C=O) groups is 1. The lowest BCUT2D eigenvalue weighted by Gasteiger charge is -2.57. The molecule has 0 unspecified atom stereocenters. The molecule has 4 saturated carbocycles. The van der Waals surface area contributed by atoms with Crippen molar-refractivity contribution in [3.8, 4) is 22.6 Å². The third-order valence-corrected chi connectivity index (χ3v) is 11.2. The van der Waals surface area contributed by atoms with Crippen molar-refractivity contribution < 1.29 is 9.90 Å². The Balaban J connectivity index is 1.05. The molecule has 4 bridgehead atoms. The van der Waals surface area contributed by atoms with E-state index < -0.39 is 0 Å². The van der Waals surface area contributed by atoms with Crippen LogP contribution in [-0.2, 0) is 10.2 Å². The van der Waals surface area contributed by atoms with Crippen molar-refractivity contribution in [2.45, 2.75) is 56.8 Å². The third kappa shape index (κ3) is 4.14. The van der Waals surface area contributed by atoms with Crippen LogP contribution in [-0.4, -0.2) is 38.7 Å². The summed E-state index contributed by atoms with van der Waals surface area (Å²) in [5.74, 6) is 2.86. The molecular weight excluding hydrogens is 514 g/mol. The van der Waals surface area contributed by atoms with Crippen molar-refractivity contribution in [1.29, 1.82) is 0 Å². The zero-order valence-electron chi connectivity index (χ0n) is 22.8. The Kier molecular flexibility index (Phi) is 5.77. The standard InChI is InChI=1S/C34H35N3O2S/c38-30-10-7-26(17-29(30)34-19-22-14-23(20-34)16-24(15-22)21-34)25-5-8-27(9-6-25)37-13-3-4-28(37)18-31-32(39)35-33(40-31)36-11-1-2-12-36/h3-10,13,17-18,22-24,38H,1-2,11-12,14-16,19-21H2/b31-18-. The van der Waals surface area contributed by atoms with E-state index in [0.717, 1.165) is 53.0 Å². The minimum absolute atomic E-state index is 0.142. The van der Waals surface area contributed by atoms with Gasteiger partial charge in [-0.1, -0.05) is 18.2 Å². The summed E-state index contributed by atoms with van der Waals surface area (Å²) in [6.45, 7) is 1.97. The van der Waals surface area contributed by atoms with Gasteiger partial charge in [-0.2, -0.15) is 4.99 Å². The summed E-state index contributed by atoms with van der Waals surface area (Å²) < 4.78 is 2.12. The van der Waals surface area contributed by atoms with Crippen LogP contribution in [0.2, 0.25) is 0 Å². The molecule has 6 heteroatoms. The van der Waals surface area contributed by atoms with Gasteiger partial charge < -0.3 is 14.6 Å². The van der Waals surface area contributed by atoms with E-state index in [2.05, 4.69) is 50.9 Å². The van der Waals surface area contributed by atoms with Gasteiger partial charge in [0.25, 0.3) is 5.91 Å². The minimum atomic E-state index is -0.142. The van der Waals surface area contributed by atoms with E-state index in [1.165, 1.54) is 74.3 Å². The molecule has 5 nitrogen and oxygen atoms in total. The Morgan fingerprint density at radius 2 is 1.57 bits per heavy atom. The van der Waals surface area contributed by atoms with Gasteiger partial charge in [0.1, 0.15) is 5.75 Å². The number of phenols is 1. The van der Waals surface area contributed by atoms with Crippen LogP contribution < -0.4 is 0 Å².